The SMILES string of the molecule is COCCN(CCC(=N)N)Cc1cc(F)ccc1C. The Morgan fingerprint density at radius 3 is 2.79 bits per heavy atom. The zero-order valence-corrected chi connectivity index (χ0v) is 11.6. The van der Waals surface area contributed by atoms with Gasteiger partial charge < -0.3 is 10.5 Å². The lowest BCUT2D eigenvalue weighted by atomic mass is 10.1. The summed E-state index contributed by atoms with van der Waals surface area (Å²) in [6, 6.07) is 4.81. The second kappa shape index (κ2) is 7.86. The van der Waals surface area contributed by atoms with Gasteiger partial charge in [0.15, 0.2) is 0 Å². The molecular formula is C14H22FN3O. The zero-order valence-electron chi connectivity index (χ0n) is 11.6. The van der Waals surface area contributed by atoms with E-state index in [1.54, 1.807) is 19.2 Å². The van der Waals surface area contributed by atoms with E-state index < -0.39 is 0 Å². The second-order valence-corrected chi connectivity index (χ2v) is 4.61. The smallest absolute Gasteiger partial charge is 0.123 e. The second-order valence-electron chi connectivity index (χ2n) is 4.61. The van der Waals surface area contributed by atoms with Crippen LogP contribution in [0, 0.1) is 18.2 Å². The third kappa shape index (κ3) is 5.81. The summed E-state index contributed by atoms with van der Waals surface area (Å²) in [5.41, 5.74) is 7.40. The van der Waals surface area contributed by atoms with Crippen LogP contribution in [-0.4, -0.2) is 37.5 Å². The summed E-state index contributed by atoms with van der Waals surface area (Å²) in [6.45, 7) is 4.62. The fourth-order valence-corrected chi connectivity index (χ4v) is 1.82. The number of halogens is 1. The van der Waals surface area contributed by atoms with Crippen LogP contribution in [0.15, 0.2) is 18.2 Å². The quantitative estimate of drug-likeness (QED) is 0.558. The molecule has 0 aliphatic carbocycles. The van der Waals surface area contributed by atoms with Crippen LogP contribution in [-0.2, 0) is 11.3 Å². The lowest BCUT2D eigenvalue weighted by Crippen LogP contribution is -2.30. The summed E-state index contributed by atoms with van der Waals surface area (Å²) in [7, 11) is 1.65. The monoisotopic (exact) mass is 267 g/mol. The number of nitrogens with two attached hydrogens (primary N) is 1. The fourth-order valence-electron chi connectivity index (χ4n) is 1.82. The highest BCUT2D eigenvalue weighted by atomic mass is 19.1. The summed E-state index contributed by atoms with van der Waals surface area (Å²) in [5, 5.41) is 7.28. The maximum absolute atomic E-state index is 13.3. The summed E-state index contributed by atoms with van der Waals surface area (Å²) >= 11 is 0. The molecule has 0 aliphatic rings. The molecule has 0 aromatic heterocycles. The van der Waals surface area contributed by atoms with Gasteiger partial charge in [-0.05, 0) is 30.2 Å². The Balaban J connectivity index is 2.68. The van der Waals surface area contributed by atoms with E-state index in [4.69, 9.17) is 15.9 Å². The molecule has 4 nitrogen and oxygen atoms in total. The topological polar surface area (TPSA) is 62.3 Å². The molecule has 0 unspecified atom stereocenters. The fraction of sp³-hybridized carbons (Fsp3) is 0.500. The molecule has 0 bridgehead atoms. The molecule has 1 rings (SSSR count). The Morgan fingerprint density at radius 1 is 1.42 bits per heavy atom. The predicted octanol–water partition coefficient (Wildman–Crippen LogP) is 1.91. The van der Waals surface area contributed by atoms with Gasteiger partial charge in [0.05, 0.1) is 12.4 Å². The highest BCUT2D eigenvalue weighted by Crippen LogP contribution is 2.13. The van der Waals surface area contributed by atoms with Gasteiger partial charge in [0.1, 0.15) is 5.82 Å². The molecular weight excluding hydrogens is 245 g/mol. The maximum Gasteiger partial charge on any atom is 0.123 e. The van der Waals surface area contributed by atoms with E-state index in [-0.39, 0.29) is 11.7 Å². The number of amidine groups is 1. The minimum atomic E-state index is -0.223. The van der Waals surface area contributed by atoms with Gasteiger partial charge in [-0.25, -0.2) is 4.39 Å². The number of nitrogens with one attached hydrogen (secondary N) is 1. The minimum Gasteiger partial charge on any atom is -0.388 e. The van der Waals surface area contributed by atoms with Crippen LogP contribution in [0.3, 0.4) is 0 Å². The third-order valence-electron chi connectivity index (χ3n) is 3.01. The first-order chi connectivity index (χ1) is 9.02. The van der Waals surface area contributed by atoms with E-state index in [2.05, 4.69) is 4.90 Å². The van der Waals surface area contributed by atoms with E-state index in [1.165, 1.54) is 6.07 Å². The molecule has 0 spiro atoms. The van der Waals surface area contributed by atoms with Gasteiger partial charge in [-0.1, -0.05) is 6.07 Å². The molecule has 0 atom stereocenters. The number of hydrogen-bond acceptors (Lipinski definition) is 3. The van der Waals surface area contributed by atoms with Crippen LogP contribution < -0.4 is 5.73 Å². The number of aryl methyl sites for hydroxylation is 1. The predicted molar refractivity (Wildman–Crippen MR) is 74.8 cm³/mol. The van der Waals surface area contributed by atoms with Crippen molar-refractivity contribution in [2.75, 3.05) is 26.8 Å². The number of hydrogen-bond donors (Lipinski definition) is 2. The van der Waals surface area contributed by atoms with Crippen molar-refractivity contribution in [3.8, 4) is 0 Å². The van der Waals surface area contributed by atoms with Crippen LogP contribution >= 0.6 is 0 Å². The Kier molecular flexibility index (Phi) is 6.45. The van der Waals surface area contributed by atoms with E-state index in [9.17, 15) is 4.39 Å². The summed E-state index contributed by atoms with van der Waals surface area (Å²) < 4.78 is 18.3. The normalized spacial score (nSPS) is 10.9. The standard InChI is InChI=1S/C14H22FN3O/c1-11-3-4-13(15)9-12(11)10-18(7-8-19-2)6-5-14(16)17/h3-4,9H,5-8,10H2,1-2H3,(H3,16,17). The van der Waals surface area contributed by atoms with E-state index in [0.717, 1.165) is 17.7 Å². The Hall–Kier alpha value is -1.46. The molecule has 3 N–H and O–H groups in total. The zero-order chi connectivity index (χ0) is 14.3. The number of methoxy groups -OCH3 is 1. The molecule has 0 amide bonds. The lowest BCUT2D eigenvalue weighted by Gasteiger charge is -2.22. The highest BCUT2D eigenvalue weighted by Gasteiger charge is 2.09. The van der Waals surface area contributed by atoms with E-state index >= 15 is 0 Å². The average Bonchev–Trinajstić information content (AvgIpc) is 2.36. The molecule has 0 saturated heterocycles. The van der Waals surface area contributed by atoms with Crippen LogP contribution in [0.1, 0.15) is 17.5 Å². The van der Waals surface area contributed by atoms with Crippen molar-refractivity contribution in [2.45, 2.75) is 19.9 Å². The summed E-state index contributed by atoms with van der Waals surface area (Å²) in [6.07, 6.45) is 0.512. The van der Waals surface area contributed by atoms with Gasteiger partial charge >= 0.3 is 0 Å². The number of ether oxygens (including phenoxy) is 1. The molecule has 5 heteroatoms. The van der Waals surface area contributed by atoms with Gasteiger partial charge in [-0.15, -0.1) is 0 Å². The molecule has 1 aromatic carbocycles. The Morgan fingerprint density at radius 2 is 2.16 bits per heavy atom. The van der Waals surface area contributed by atoms with Gasteiger partial charge in [-0.2, -0.15) is 0 Å². The molecule has 106 valence electrons. The van der Waals surface area contributed by atoms with Gasteiger partial charge in [0.2, 0.25) is 0 Å². The molecule has 19 heavy (non-hydrogen) atoms. The van der Waals surface area contributed by atoms with Crippen LogP contribution in [0.2, 0.25) is 0 Å². The molecule has 0 heterocycles. The molecule has 0 radical (unpaired) electrons. The first kappa shape index (κ1) is 15.6. The van der Waals surface area contributed by atoms with Crippen molar-refractivity contribution in [1.82, 2.24) is 4.90 Å². The van der Waals surface area contributed by atoms with Crippen LogP contribution in [0.5, 0.6) is 0 Å². The summed E-state index contributed by atoms with van der Waals surface area (Å²) in [4.78, 5) is 2.12. The van der Waals surface area contributed by atoms with Crippen molar-refractivity contribution in [1.29, 1.82) is 5.41 Å². The molecule has 1 aromatic rings. The van der Waals surface area contributed by atoms with Gasteiger partial charge in [-0.3, -0.25) is 10.3 Å². The van der Waals surface area contributed by atoms with Crippen molar-refractivity contribution in [2.24, 2.45) is 5.73 Å². The van der Waals surface area contributed by atoms with Crippen LogP contribution in [0.4, 0.5) is 4.39 Å². The first-order valence-electron chi connectivity index (χ1n) is 6.32. The minimum absolute atomic E-state index is 0.165. The average molecular weight is 267 g/mol. The van der Waals surface area contributed by atoms with Crippen molar-refractivity contribution < 1.29 is 9.13 Å². The summed E-state index contributed by atoms with van der Waals surface area (Å²) in [5.74, 6) is -0.0581. The third-order valence-corrected chi connectivity index (χ3v) is 3.01. The first-order valence-corrected chi connectivity index (χ1v) is 6.32. The van der Waals surface area contributed by atoms with Crippen molar-refractivity contribution in [3.63, 3.8) is 0 Å². The molecule has 0 aliphatic heterocycles. The highest BCUT2D eigenvalue weighted by molar-refractivity contribution is 5.76. The number of nitrogens with zero attached hydrogens (tertiary/aromatic N) is 1. The molecule has 0 fully saturated rings. The van der Waals surface area contributed by atoms with E-state index in [0.29, 0.717) is 26.1 Å². The maximum atomic E-state index is 13.3. The largest absolute Gasteiger partial charge is 0.388 e. The van der Waals surface area contributed by atoms with E-state index in [1.807, 2.05) is 6.92 Å². The molecule has 0 saturated carbocycles. The number of benzene rings is 1. The Labute approximate surface area is 113 Å². The van der Waals surface area contributed by atoms with Crippen LogP contribution in [0.25, 0.3) is 0 Å². The van der Waals surface area contributed by atoms with Crippen molar-refractivity contribution >= 4 is 5.84 Å². The number of rotatable bonds is 8. The lowest BCUT2D eigenvalue weighted by molar-refractivity contribution is 0.145. The van der Waals surface area contributed by atoms with Gasteiger partial charge in [0.25, 0.3) is 0 Å². The van der Waals surface area contributed by atoms with Crippen molar-refractivity contribution in [3.05, 3.63) is 35.1 Å². The Bertz CT molecular complexity index is 423. The van der Waals surface area contributed by atoms with Gasteiger partial charge in [0, 0.05) is 33.2 Å².